The Kier molecular flexibility index (Phi) is 2.80. The molecule has 66 valence electrons. The van der Waals surface area contributed by atoms with Crippen LogP contribution in [-0.4, -0.2) is 4.98 Å². The van der Waals surface area contributed by atoms with Crippen molar-refractivity contribution in [1.82, 2.24) is 4.98 Å². The molecule has 0 atom stereocenters. The van der Waals surface area contributed by atoms with Crippen LogP contribution in [0.25, 0.3) is 0 Å². The summed E-state index contributed by atoms with van der Waals surface area (Å²) in [7, 11) is 0. The van der Waals surface area contributed by atoms with Crippen molar-refractivity contribution in [1.29, 1.82) is 0 Å². The van der Waals surface area contributed by atoms with Crippen molar-refractivity contribution in [3.63, 3.8) is 0 Å². The zero-order valence-corrected chi connectivity index (χ0v) is 8.38. The Morgan fingerprint density at radius 1 is 1.33 bits per heavy atom. The molecule has 0 aliphatic rings. The highest BCUT2D eigenvalue weighted by Gasteiger charge is 2.09. The van der Waals surface area contributed by atoms with Crippen LogP contribution in [0.3, 0.4) is 0 Å². The average molecular weight is 206 g/mol. The van der Waals surface area contributed by atoms with Crippen LogP contribution in [0.15, 0.2) is 4.79 Å². The summed E-state index contributed by atoms with van der Waals surface area (Å²) in [6.07, 6.45) is 0.700. The van der Waals surface area contributed by atoms with Crippen LogP contribution >= 0.6 is 23.2 Å². The SMILES string of the molecule is CCc1[nH]c(C)c(Cl)c(=O)c1Cl. The zero-order valence-electron chi connectivity index (χ0n) is 6.87. The predicted octanol–water partition coefficient (Wildman–Crippen LogP) is 2.55. The third kappa shape index (κ3) is 1.50. The highest BCUT2D eigenvalue weighted by molar-refractivity contribution is 6.35. The van der Waals surface area contributed by atoms with Gasteiger partial charge in [-0.25, -0.2) is 0 Å². The molecule has 0 unspecified atom stereocenters. The van der Waals surface area contributed by atoms with Crippen molar-refractivity contribution in [2.45, 2.75) is 20.3 Å². The molecule has 0 amide bonds. The van der Waals surface area contributed by atoms with Gasteiger partial charge in [-0.3, -0.25) is 4.79 Å². The molecule has 0 aliphatic carbocycles. The molecule has 1 aromatic heterocycles. The van der Waals surface area contributed by atoms with E-state index in [4.69, 9.17) is 23.2 Å². The summed E-state index contributed by atoms with van der Waals surface area (Å²) in [6.45, 7) is 3.67. The van der Waals surface area contributed by atoms with Gasteiger partial charge in [0.15, 0.2) is 0 Å². The second-order valence-corrected chi connectivity index (χ2v) is 3.30. The van der Waals surface area contributed by atoms with Crippen molar-refractivity contribution in [2.24, 2.45) is 0 Å². The third-order valence-electron chi connectivity index (χ3n) is 1.68. The van der Waals surface area contributed by atoms with E-state index in [9.17, 15) is 4.79 Å². The van der Waals surface area contributed by atoms with Crippen LogP contribution < -0.4 is 5.43 Å². The number of rotatable bonds is 1. The Labute approximate surface area is 80.5 Å². The fourth-order valence-electron chi connectivity index (χ4n) is 0.983. The third-order valence-corrected chi connectivity index (χ3v) is 2.54. The van der Waals surface area contributed by atoms with Gasteiger partial charge in [-0.1, -0.05) is 30.1 Å². The van der Waals surface area contributed by atoms with Crippen LogP contribution in [0.2, 0.25) is 10.0 Å². The van der Waals surface area contributed by atoms with E-state index in [1.54, 1.807) is 6.92 Å². The largest absolute Gasteiger partial charge is 0.360 e. The Balaban J connectivity index is 3.50. The van der Waals surface area contributed by atoms with Gasteiger partial charge in [-0.2, -0.15) is 0 Å². The summed E-state index contributed by atoms with van der Waals surface area (Å²) in [5.74, 6) is 0. The molecule has 0 saturated heterocycles. The maximum Gasteiger partial charge on any atom is 0.219 e. The monoisotopic (exact) mass is 205 g/mol. The maximum absolute atomic E-state index is 11.3. The minimum absolute atomic E-state index is 0.178. The summed E-state index contributed by atoms with van der Waals surface area (Å²) >= 11 is 11.4. The quantitative estimate of drug-likeness (QED) is 0.752. The van der Waals surface area contributed by atoms with Crippen molar-refractivity contribution in [3.8, 4) is 0 Å². The summed E-state index contributed by atoms with van der Waals surface area (Å²) in [4.78, 5) is 14.3. The van der Waals surface area contributed by atoms with Gasteiger partial charge >= 0.3 is 0 Å². The highest BCUT2D eigenvalue weighted by Crippen LogP contribution is 2.15. The molecule has 1 aromatic rings. The zero-order chi connectivity index (χ0) is 9.30. The lowest BCUT2D eigenvalue weighted by Crippen LogP contribution is -2.09. The van der Waals surface area contributed by atoms with E-state index >= 15 is 0 Å². The van der Waals surface area contributed by atoms with E-state index < -0.39 is 0 Å². The molecule has 2 nitrogen and oxygen atoms in total. The smallest absolute Gasteiger partial charge is 0.219 e. The molecular formula is C8H9Cl2NO. The molecule has 0 spiro atoms. The van der Waals surface area contributed by atoms with Gasteiger partial charge in [0.1, 0.15) is 10.0 Å². The minimum Gasteiger partial charge on any atom is -0.360 e. The van der Waals surface area contributed by atoms with Gasteiger partial charge in [-0.05, 0) is 13.3 Å². The van der Waals surface area contributed by atoms with Gasteiger partial charge < -0.3 is 4.98 Å². The molecule has 0 aliphatic heterocycles. The lowest BCUT2D eigenvalue weighted by molar-refractivity contribution is 0.999. The predicted molar refractivity (Wildman–Crippen MR) is 51.2 cm³/mol. The molecule has 4 heteroatoms. The molecule has 0 bridgehead atoms. The van der Waals surface area contributed by atoms with Crippen LogP contribution in [-0.2, 0) is 6.42 Å². The molecule has 1 heterocycles. The van der Waals surface area contributed by atoms with Crippen LogP contribution in [0.5, 0.6) is 0 Å². The lowest BCUT2D eigenvalue weighted by atomic mass is 10.2. The number of pyridine rings is 1. The molecule has 0 saturated carbocycles. The first-order valence-corrected chi connectivity index (χ1v) is 4.40. The number of halogens is 2. The first-order chi connectivity index (χ1) is 5.57. The van der Waals surface area contributed by atoms with Crippen LogP contribution in [0.4, 0.5) is 0 Å². The van der Waals surface area contributed by atoms with E-state index in [1.807, 2.05) is 6.92 Å². The summed E-state index contributed by atoms with van der Waals surface area (Å²) < 4.78 is 0. The minimum atomic E-state index is -0.286. The van der Waals surface area contributed by atoms with Gasteiger partial charge in [0.05, 0.1) is 0 Å². The van der Waals surface area contributed by atoms with E-state index in [0.29, 0.717) is 12.1 Å². The first-order valence-electron chi connectivity index (χ1n) is 3.64. The van der Waals surface area contributed by atoms with E-state index in [2.05, 4.69) is 4.98 Å². The average Bonchev–Trinajstić information content (AvgIpc) is 2.08. The fourth-order valence-corrected chi connectivity index (χ4v) is 1.45. The van der Waals surface area contributed by atoms with E-state index in [-0.39, 0.29) is 15.5 Å². The summed E-state index contributed by atoms with van der Waals surface area (Å²) in [5.41, 5.74) is 1.12. The van der Waals surface area contributed by atoms with Crippen molar-refractivity contribution >= 4 is 23.2 Å². The lowest BCUT2D eigenvalue weighted by Gasteiger charge is -2.04. The van der Waals surface area contributed by atoms with Crippen LogP contribution in [0, 0.1) is 6.92 Å². The number of hydrogen-bond acceptors (Lipinski definition) is 1. The Hall–Kier alpha value is -0.470. The summed E-state index contributed by atoms with van der Waals surface area (Å²) in [5, 5.41) is 0.380. The molecule has 0 radical (unpaired) electrons. The number of aromatic amines is 1. The molecular weight excluding hydrogens is 197 g/mol. The van der Waals surface area contributed by atoms with Crippen molar-refractivity contribution < 1.29 is 0 Å². The molecule has 0 fully saturated rings. The van der Waals surface area contributed by atoms with Crippen molar-refractivity contribution in [2.75, 3.05) is 0 Å². The topological polar surface area (TPSA) is 32.9 Å². The van der Waals surface area contributed by atoms with Crippen LogP contribution in [0.1, 0.15) is 18.3 Å². The Morgan fingerprint density at radius 2 is 1.92 bits per heavy atom. The Morgan fingerprint density at radius 3 is 2.42 bits per heavy atom. The summed E-state index contributed by atoms with van der Waals surface area (Å²) in [6, 6.07) is 0. The number of H-pyrrole nitrogens is 1. The molecule has 1 N–H and O–H groups in total. The fraction of sp³-hybridized carbons (Fsp3) is 0.375. The standard InChI is InChI=1S/C8H9Cl2NO/c1-3-5-7(10)8(12)6(9)4(2)11-5/h3H2,1-2H3,(H,11,12). The maximum atomic E-state index is 11.3. The number of nitrogens with one attached hydrogen (secondary N) is 1. The number of aromatic nitrogens is 1. The highest BCUT2D eigenvalue weighted by atomic mass is 35.5. The van der Waals surface area contributed by atoms with Gasteiger partial charge in [0.2, 0.25) is 5.43 Å². The van der Waals surface area contributed by atoms with Crippen molar-refractivity contribution in [3.05, 3.63) is 31.7 Å². The van der Waals surface area contributed by atoms with Gasteiger partial charge in [-0.15, -0.1) is 0 Å². The van der Waals surface area contributed by atoms with Gasteiger partial charge in [0.25, 0.3) is 0 Å². The van der Waals surface area contributed by atoms with E-state index in [1.165, 1.54) is 0 Å². The Bertz CT molecular complexity index is 357. The number of aryl methyl sites for hydroxylation is 2. The normalized spacial score (nSPS) is 10.3. The first kappa shape index (κ1) is 9.62. The molecule has 1 rings (SSSR count). The number of hydrogen-bond donors (Lipinski definition) is 1. The molecule has 0 aromatic carbocycles. The van der Waals surface area contributed by atoms with E-state index in [0.717, 1.165) is 5.69 Å². The molecule has 12 heavy (non-hydrogen) atoms. The second kappa shape index (κ2) is 3.50. The van der Waals surface area contributed by atoms with Gasteiger partial charge in [0, 0.05) is 11.4 Å². The second-order valence-electron chi connectivity index (χ2n) is 2.54.